The van der Waals surface area contributed by atoms with Gasteiger partial charge in [0.05, 0.1) is 22.9 Å². The average molecular weight is 395 g/mol. The van der Waals surface area contributed by atoms with Crippen molar-refractivity contribution in [2.45, 2.75) is 6.92 Å². The van der Waals surface area contributed by atoms with Crippen molar-refractivity contribution in [3.8, 4) is 17.2 Å². The zero-order chi connectivity index (χ0) is 21.1. The Morgan fingerprint density at radius 3 is 2.34 bits per heavy atom. The molecule has 0 saturated heterocycles. The summed E-state index contributed by atoms with van der Waals surface area (Å²) in [5.74, 6) is 0.523. The number of nitro groups is 1. The van der Waals surface area contributed by atoms with E-state index >= 15 is 0 Å². The highest BCUT2D eigenvalue weighted by atomic mass is 16.6. The van der Waals surface area contributed by atoms with Gasteiger partial charge in [-0.05, 0) is 42.5 Å². The number of carbonyl (C=O) groups is 1. The van der Waals surface area contributed by atoms with Crippen LogP contribution in [0.4, 0.5) is 5.69 Å². The first-order chi connectivity index (χ1) is 13.8. The lowest BCUT2D eigenvalue weighted by molar-refractivity contribution is -0.383. The molecule has 0 radical (unpaired) electrons. The van der Waals surface area contributed by atoms with Gasteiger partial charge in [-0.1, -0.05) is 0 Å². The maximum atomic E-state index is 11.9. The zero-order valence-electron chi connectivity index (χ0n) is 16.6. The molecule has 3 aromatic rings. The van der Waals surface area contributed by atoms with Crippen LogP contribution in [0.25, 0.3) is 22.7 Å². The molecule has 0 spiro atoms. The van der Waals surface area contributed by atoms with Crippen molar-refractivity contribution in [1.82, 2.24) is 9.47 Å². The van der Waals surface area contributed by atoms with Crippen molar-refractivity contribution in [2.24, 2.45) is 0 Å². The molecule has 0 atom stereocenters. The van der Waals surface area contributed by atoms with Crippen molar-refractivity contribution in [3.05, 3.63) is 64.5 Å². The third kappa shape index (κ3) is 4.06. The normalized spacial score (nSPS) is 11.0. The predicted molar refractivity (Wildman–Crippen MR) is 111 cm³/mol. The maximum Gasteiger partial charge on any atom is 0.308 e. The third-order valence-electron chi connectivity index (χ3n) is 4.25. The Hall–Kier alpha value is -3.81. The molecule has 3 rings (SSSR count). The summed E-state index contributed by atoms with van der Waals surface area (Å²) < 4.78 is 12.2. The number of methoxy groups -OCH3 is 1. The molecule has 29 heavy (non-hydrogen) atoms. The molecule has 1 aromatic heterocycles. The molecule has 0 amide bonds. The van der Waals surface area contributed by atoms with E-state index in [4.69, 9.17) is 9.47 Å². The van der Waals surface area contributed by atoms with Gasteiger partial charge >= 0.3 is 11.7 Å². The predicted octanol–water partition coefficient (Wildman–Crippen LogP) is 4.00. The van der Waals surface area contributed by atoms with Gasteiger partial charge in [-0.15, -0.1) is 0 Å². The van der Waals surface area contributed by atoms with Crippen molar-refractivity contribution in [1.29, 1.82) is 0 Å². The van der Waals surface area contributed by atoms with Gasteiger partial charge in [0.15, 0.2) is 0 Å². The smallest absolute Gasteiger partial charge is 0.308 e. The van der Waals surface area contributed by atoms with Crippen molar-refractivity contribution >= 4 is 28.6 Å². The zero-order valence-corrected chi connectivity index (χ0v) is 16.6. The summed E-state index contributed by atoms with van der Waals surface area (Å²) in [6, 6.07) is 12.0. The summed E-state index contributed by atoms with van der Waals surface area (Å²) in [5.41, 5.74) is 1.65. The lowest BCUT2D eigenvalue weighted by Crippen LogP contribution is -2.03. The van der Waals surface area contributed by atoms with Gasteiger partial charge in [-0.25, -0.2) is 0 Å². The van der Waals surface area contributed by atoms with Gasteiger partial charge < -0.3 is 18.9 Å². The number of carbonyl (C=O) groups excluding carboxylic acids is 1. The van der Waals surface area contributed by atoms with Gasteiger partial charge in [0.2, 0.25) is 0 Å². The molecule has 0 fully saturated rings. The summed E-state index contributed by atoms with van der Waals surface area (Å²) in [4.78, 5) is 24.7. The van der Waals surface area contributed by atoms with Crippen LogP contribution in [-0.2, 0) is 4.79 Å². The summed E-state index contributed by atoms with van der Waals surface area (Å²) >= 11 is 0. The van der Waals surface area contributed by atoms with E-state index < -0.39 is 10.9 Å². The van der Waals surface area contributed by atoms with E-state index in [1.165, 1.54) is 6.92 Å². The fraction of sp³-hybridized carbons (Fsp3) is 0.190. The van der Waals surface area contributed by atoms with Gasteiger partial charge in [-0.3, -0.25) is 14.9 Å². The summed E-state index contributed by atoms with van der Waals surface area (Å²) in [5, 5.41) is 12.4. The number of fused-ring (bicyclic) bond motifs is 1. The van der Waals surface area contributed by atoms with Crippen LogP contribution in [-0.4, -0.2) is 41.6 Å². The molecule has 0 aliphatic carbocycles. The summed E-state index contributed by atoms with van der Waals surface area (Å²) in [6.45, 7) is 1.31. The second-order valence-electron chi connectivity index (χ2n) is 6.58. The largest absolute Gasteiger partial charge is 0.497 e. The number of ether oxygens (including phenoxy) is 2. The standard InChI is InChI=1S/C21H21N3O5/c1-14(25)29-17-9-10-18-20(13-17)23(15-5-7-16(28-4)8-6-15)19(11-12-22(2)3)21(18)24(26)27/h5-13H,1-4H3. The Kier molecular flexibility index (Phi) is 5.54. The molecule has 8 heteroatoms. The van der Waals surface area contributed by atoms with E-state index in [9.17, 15) is 14.9 Å². The van der Waals surface area contributed by atoms with Gasteiger partial charge in [0.25, 0.3) is 0 Å². The lowest BCUT2D eigenvalue weighted by Gasteiger charge is -2.10. The van der Waals surface area contributed by atoms with Crippen LogP contribution >= 0.6 is 0 Å². The highest BCUT2D eigenvalue weighted by Gasteiger charge is 2.26. The molecular formula is C21H21N3O5. The fourth-order valence-electron chi connectivity index (χ4n) is 3.07. The van der Waals surface area contributed by atoms with E-state index in [-0.39, 0.29) is 5.69 Å². The summed E-state index contributed by atoms with van der Waals surface area (Å²) in [6.07, 6.45) is 3.43. The number of aromatic nitrogens is 1. The van der Waals surface area contributed by atoms with Crippen LogP contribution in [0.1, 0.15) is 12.6 Å². The number of esters is 1. The average Bonchev–Trinajstić information content (AvgIpc) is 2.99. The van der Waals surface area contributed by atoms with Gasteiger partial charge in [-0.2, -0.15) is 0 Å². The Bertz CT molecular complexity index is 1100. The van der Waals surface area contributed by atoms with E-state index in [1.54, 1.807) is 59.2 Å². The molecule has 150 valence electrons. The Labute approximate surface area is 167 Å². The molecule has 0 bridgehead atoms. The second-order valence-corrected chi connectivity index (χ2v) is 6.58. The van der Waals surface area contributed by atoms with Crippen molar-refractivity contribution in [3.63, 3.8) is 0 Å². The minimum atomic E-state index is -0.464. The maximum absolute atomic E-state index is 11.9. The van der Waals surface area contributed by atoms with Crippen LogP contribution in [0.5, 0.6) is 11.5 Å². The number of rotatable bonds is 6. The Morgan fingerprint density at radius 1 is 1.14 bits per heavy atom. The first kappa shape index (κ1) is 19.9. The number of hydrogen-bond donors (Lipinski definition) is 0. The molecular weight excluding hydrogens is 374 g/mol. The van der Waals surface area contributed by atoms with E-state index in [0.29, 0.717) is 33.8 Å². The highest BCUT2D eigenvalue weighted by molar-refractivity contribution is 5.97. The van der Waals surface area contributed by atoms with Crippen LogP contribution in [0, 0.1) is 10.1 Å². The second kappa shape index (κ2) is 8.05. The quantitative estimate of drug-likeness (QED) is 0.271. The molecule has 0 N–H and O–H groups in total. The van der Waals surface area contributed by atoms with E-state index in [1.807, 2.05) is 26.2 Å². The van der Waals surface area contributed by atoms with Crippen molar-refractivity contribution in [2.75, 3.05) is 21.2 Å². The molecule has 1 heterocycles. The molecule has 2 aromatic carbocycles. The van der Waals surface area contributed by atoms with Crippen LogP contribution in [0.15, 0.2) is 48.7 Å². The number of benzene rings is 2. The number of hydrogen-bond acceptors (Lipinski definition) is 6. The molecule has 0 aliphatic heterocycles. The molecule has 0 unspecified atom stereocenters. The SMILES string of the molecule is COc1ccc(-n2c(C=CN(C)C)c([N+](=O)[O-])c3ccc(OC(C)=O)cc32)cc1. The van der Waals surface area contributed by atoms with Crippen LogP contribution in [0.2, 0.25) is 0 Å². The highest BCUT2D eigenvalue weighted by Crippen LogP contribution is 2.38. The lowest BCUT2D eigenvalue weighted by atomic mass is 10.2. The third-order valence-corrected chi connectivity index (χ3v) is 4.25. The molecule has 0 saturated carbocycles. The minimum Gasteiger partial charge on any atom is -0.497 e. The number of nitrogens with zero attached hydrogens (tertiary/aromatic N) is 3. The van der Waals surface area contributed by atoms with E-state index in [0.717, 1.165) is 0 Å². The van der Waals surface area contributed by atoms with Crippen LogP contribution in [0.3, 0.4) is 0 Å². The first-order valence-corrected chi connectivity index (χ1v) is 8.82. The molecule has 0 aliphatic rings. The minimum absolute atomic E-state index is 0.0247. The summed E-state index contributed by atoms with van der Waals surface area (Å²) in [7, 11) is 5.24. The van der Waals surface area contributed by atoms with E-state index in [2.05, 4.69) is 0 Å². The monoisotopic (exact) mass is 395 g/mol. The topological polar surface area (TPSA) is 86.8 Å². The Balaban J connectivity index is 2.36. The van der Waals surface area contributed by atoms with Crippen LogP contribution < -0.4 is 9.47 Å². The molecule has 8 nitrogen and oxygen atoms in total. The fourth-order valence-corrected chi connectivity index (χ4v) is 3.07. The van der Waals surface area contributed by atoms with Gasteiger partial charge in [0.1, 0.15) is 17.2 Å². The Morgan fingerprint density at radius 2 is 1.79 bits per heavy atom. The first-order valence-electron chi connectivity index (χ1n) is 8.82. The van der Waals surface area contributed by atoms with Crippen molar-refractivity contribution < 1.29 is 19.2 Å². The van der Waals surface area contributed by atoms with Gasteiger partial charge in [0, 0.05) is 39.0 Å².